The van der Waals surface area contributed by atoms with Gasteiger partial charge in [-0.2, -0.15) is 0 Å². The number of hydrogen-bond acceptors (Lipinski definition) is 4. The van der Waals surface area contributed by atoms with E-state index in [-0.39, 0.29) is 0 Å². The lowest BCUT2D eigenvalue weighted by molar-refractivity contribution is 0.278. The van der Waals surface area contributed by atoms with Crippen molar-refractivity contribution in [3.63, 3.8) is 0 Å². The Kier molecular flexibility index (Phi) is 11.8. The van der Waals surface area contributed by atoms with E-state index < -0.39 is 0 Å². The highest BCUT2D eigenvalue weighted by Gasteiger charge is 2.00. The lowest BCUT2D eigenvalue weighted by Crippen LogP contribution is -2.26. The quantitative estimate of drug-likeness (QED) is 0.528. The summed E-state index contributed by atoms with van der Waals surface area (Å²) < 4.78 is 0. The molecule has 0 aliphatic heterocycles. The number of nitrogens with zero attached hydrogens (tertiary/aromatic N) is 3. The Balaban J connectivity index is 3.31. The smallest absolute Gasteiger partial charge is 0.000960 e. The van der Waals surface area contributed by atoms with Gasteiger partial charge in [-0.1, -0.05) is 0 Å². The lowest BCUT2D eigenvalue weighted by atomic mass is 10.2. The average molecular weight is 258 g/mol. The first kappa shape index (κ1) is 17.8. The molecule has 0 radical (unpaired) electrons. The fourth-order valence-corrected chi connectivity index (χ4v) is 2.01. The first-order valence-electron chi connectivity index (χ1n) is 7.28. The van der Waals surface area contributed by atoms with E-state index in [9.17, 15) is 0 Å². The number of nitrogens with two attached hydrogens (primary N) is 1. The largest absolute Gasteiger partial charge is 0.330 e. The maximum absolute atomic E-state index is 5.50. The molecule has 0 aliphatic rings. The summed E-state index contributed by atoms with van der Waals surface area (Å²) in [5, 5.41) is 0. The Morgan fingerprint density at radius 3 is 1.50 bits per heavy atom. The second-order valence-corrected chi connectivity index (χ2v) is 5.61. The van der Waals surface area contributed by atoms with Crippen molar-refractivity contribution in [3.8, 4) is 0 Å². The minimum absolute atomic E-state index is 0.805. The number of rotatable bonds is 12. The van der Waals surface area contributed by atoms with Crippen molar-refractivity contribution in [3.05, 3.63) is 0 Å². The third-order valence-electron chi connectivity index (χ3n) is 3.22. The molecule has 0 bridgehead atoms. The van der Waals surface area contributed by atoms with E-state index in [2.05, 4.69) is 42.9 Å². The zero-order chi connectivity index (χ0) is 13.8. The standard InChI is InChI=1S/C14H34N4/c1-16(2)10-8-14-18(4)12-6-5-11-17(3)13-7-9-15/h5-15H2,1-4H3. The van der Waals surface area contributed by atoms with Crippen LogP contribution in [0.4, 0.5) is 0 Å². The Labute approximate surface area is 114 Å². The molecule has 0 spiro atoms. The molecule has 18 heavy (non-hydrogen) atoms. The molecular formula is C14H34N4. The molecule has 0 rings (SSSR count). The summed E-state index contributed by atoms with van der Waals surface area (Å²) >= 11 is 0. The predicted molar refractivity (Wildman–Crippen MR) is 81.1 cm³/mol. The molecule has 0 aliphatic carbocycles. The summed E-state index contributed by atoms with van der Waals surface area (Å²) in [6.07, 6.45) is 4.96. The number of hydrogen-bond donors (Lipinski definition) is 1. The summed E-state index contributed by atoms with van der Waals surface area (Å²) in [6, 6.07) is 0. The van der Waals surface area contributed by atoms with E-state index in [1.807, 2.05) is 0 Å². The predicted octanol–water partition coefficient (Wildman–Crippen LogP) is 0.931. The van der Waals surface area contributed by atoms with Gasteiger partial charge in [0.1, 0.15) is 0 Å². The Morgan fingerprint density at radius 2 is 1.06 bits per heavy atom. The Bertz CT molecular complexity index is 173. The third-order valence-corrected chi connectivity index (χ3v) is 3.22. The van der Waals surface area contributed by atoms with E-state index in [4.69, 9.17) is 5.73 Å². The van der Waals surface area contributed by atoms with Gasteiger partial charge in [0, 0.05) is 0 Å². The molecule has 110 valence electrons. The molecule has 0 saturated carbocycles. The van der Waals surface area contributed by atoms with Crippen LogP contribution in [0.1, 0.15) is 25.7 Å². The molecule has 0 saturated heterocycles. The van der Waals surface area contributed by atoms with Crippen molar-refractivity contribution in [1.82, 2.24) is 14.7 Å². The summed E-state index contributed by atoms with van der Waals surface area (Å²) in [5.41, 5.74) is 5.50. The van der Waals surface area contributed by atoms with E-state index in [1.165, 1.54) is 45.4 Å². The normalized spacial score (nSPS) is 12.0. The Morgan fingerprint density at radius 1 is 0.611 bits per heavy atom. The van der Waals surface area contributed by atoms with Crippen LogP contribution in [-0.2, 0) is 0 Å². The topological polar surface area (TPSA) is 35.7 Å². The van der Waals surface area contributed by atoms with Crippen molar-refractivity contribution >= 4 is 0 Å². The summed E-state index contributed by atoms with van der Waals surface area (Å²) in [7, 11) is 8.69. The average Bonchev–Trinajstić information content (AvgIpc) is 2.31. The van der Waals surface area contributed by atoms with Crippen molar-refractivity contribution in [2.24, 2.45) is 5.73 Å². The summed E-state index contributed by atoms with van der Waals surface area (Å²) in [5.74, 6) is 0. The van der Waals surface area contributed by atoms with Crippen LogP contribution in [0.2, 0.25) is 0 Å². The van der Waals surface area contributed by atoms with Crippen molar-refractivity contribution < 1.29 is 0 Å². The van der Waals surface area contributed by atoms with Crippen LogP contribution in [0.15, 0.2) is 0 Å². The lowest BCUT2D eigenvalue weighted by Gasteiger charge is -2.19. The van der Waals surface area contributed by atoms with Gasteiger partial charge in [0.25, 0.3) is 0 Å². The first-order chi connectivity index (χ1) is 8.56. The van der Waals surface area contributed by atoms with Crippen LogP contribution in [0, 0.1) is 0 Å². The fourth-order valence-electron chi connectivity index (χ4n) is 2.01. The van der Waals surface area contributed by atoms with Gasteiger partial charge in [0.2, 0.25) is 0 Å². The molecule has 0 aromatic rings. The van der Waals surface area contributed by atoms with Gasteiger partial charge in [-0.25, -0.2) is 0 Å². The molecule has 0 atom stereocenters. The van der Waals surface area contributed by atoms with Gasteiger partial charge in [0.15, 0.2) is 0 Å². The highest BCUT2D eigenvalue weighted by molar-refractivity contribution is 4.57. The van der Waals surface area contributed by atoms with Crippen LogP contribution in [0.3, 0.4) is 0 Å². The molecular weight excluding hydrogens is 224 g/mol. The number of unbranched alkanes of at least 4 members (excludes halogenated alkanes) is 1. The zero-order valence-electron chi connectivity index (χ0n) is 13.0. The third kappa shape index (κ3) is 12.3. The zero-order valence-corrected chi connectivity index (χ0v) is 13.0. The van der Waals surface area contributed by atoms with Crippen LogP contribution in [0.25, 0.3) is 0 Å². The van der Waals surface area contributed by atoms with Gasteiger partial charge in [-0.05, 0) is 93.1 Å². The molecule has 0 fully saturated rings. The SMILES string of the molecule is CN(C)CCCN(C)CCCCN(C)CCCN. The minimum Gasteiger partial charge on any atom is -0.330 e. The molecule has 4 nitrogen and oxygen atoms in total. The van der Waals surface area contributed by atoms with E-state index in [1.54, 1.807) is 0 Å². The molecule has 4 heteroatoms. The van der Waals surface area contributed by atoms with Gasteiger partial charge >= 0.3 is 0 Å². The van der Waals surface area contributed by atoms with Crippen molar-refractivity contribution in [2.45, 2.75) is 25.7 Å². The van der Waals surface area contributed by atoms with Crippen molar-refractivity contribution in [1.29, 1.82) is 0 Å². The summed E-state index contributed by atoms with van der Waals surface area (Å²) in [4.78, 5) is 7.09. The van der Waals surface area contributed by atoms with E-state index in [0.29, 0.717) is 0 Å². The van der Waals surface area contributed by atoms with Gasteiger partial charge in [-0.15, -0.1) is 0 Å². The van der Waals surface area contributed by atoms with Gasteiger partial charge in [0.05, 0.1) is 0 Å². The van der Waals surface area contributed by atoms with Crippen LogP contribution < -0.4 is 5.73 Å². The minimum atomic E-state index is 0.805. The molecule has 2 N–H and O–H groups in total. The second-order valence-electron chi connectivity index (χ2n) is 5.61. The maximum Gasteiger partial charge on any atom is -0.000960 e. The van der Waals surface area contributed by atoms with E-state index in [0.717, 1.165) is 19.5 Å². The molecule has 0 unspecified atom stereocenters. The fraction of sp³-hybridized carbons (Fsp3) is 1.00. The second kappa shape index (κ2) is 11.9. The van der Waals surface area contributed by atoms with Crippen molar-refractivity contribution in [2.75, 3.05) is 67.5 Å². The molecule has 0 heterocycles. The van der Waals surface area contributed by atoms with Gasteiger partial charge < -0.3 is 20.4 Å². The van der Waals surface area contributed by atoms with Crippen LogP contribution >= 0.6 is 0 Å². The van der Waals surface area contributed by atoms with Crippen LogP contribution in [-0.4, -0.2) is 82.2 Å². The monoisotopic (exact) mass is 258 g/mol. The highest BCUT2D eigenvalue weighted by atomic mass is 15.1. The molecule has 0 amide bonds. The van der Waals surface area contributed by atoms with E-state index >= 15 is 0 Å². The first-order valence-corrected chi connectivity index (χ1v) is 7.28. The van der Waals surface area contributed by atoms with Crippen LogP contribution in [0.5, 0.6) is 0 Å². The van der Waals surface area contributed by atoms with Gasteiger partial charge in [-0.3, -0.25) is 0 Å². The Hall–Kier alpha value is -0.160. The summed E-state index contributed by atoms with van der Waals surface area (Å²) in [6.45, 7) is 6.76. The molecule has 0 aromatic carbocycles. The molecule has 0 aromatic heterocycles. The highest BCUT2D eigenvalue weighted by Crippen LogP contribution is 1.97. The maximum atomic E-state index is 5.50.